The Hall–Kier alpha value is -1.54. The van der Waals surface area contributed by atoms with Crippen LogP contribution in [0.25, 0.3) is 0 Å². The zero-order chi connectivity index (χ0) is 19.9. The van der Waals surface area contributed by atoms with Crippen molar-refractivity contribution in [1.29, 1.82) is 0 Å². The molecule has 0 spiro atoms. The standard InChI is InChI=1S/C24H31N2O.Ru/c1-14-13-19-22-21(15(14)2)23(5,6)24(7,8)26(22)17(4)25(19)18-11-10-12-20(27-9)16(18)3;/h10-11,13,17H,1-9H3;/q-1;+1/t17-;/m1./s1. The Kier molecular flexibility index (Phi) is 4.91. The van der Waals surface area contributed by atoms with E-state index in [2.05, 4.69) is 83.4 Å². The zero-order valence-corrected chi connectivity index (χ0v) is 20.2. The molecule has 0 fully saturated rings. The molecule has 0 N–H and O–H groups in total. The zero-order valence-electron chi connectivity index (χ0n) is 18.5. The van der Waals surface area contributed by atoms with E-state index in [-0.39, 0.29) is 36.6 Å². The van der Waals surface area contributed by atoms with E-state index in [1.165, 1.54) is 33.8 Å². The summed E-state index contributed by atoms with van der Waals surface area (Å²) >= 11 is 0. The molecule has 2 aliphatic heterocycles. The van der Waals surface area contributed by atoms with Gasteiger partial charge in [0.05, 0.1) is 18.5 Å². The van der Waals surface area contributed by atoms with Crippen molar-refractivity contribution >= 4 is 17.1 Å². The number of methoxy groups -OCH3 is 1. The molecule has 4 rings (SSSR count). The van der Waals surface area contributed by atoms with Gasteiger partial charge in [0, 0.05) is 16.7 Å². The molecular formula is C24H31N2ORu. The molecule has 0 saturated heterocycles. The Morgan fingerprint density at radius 1 is 1.04 bits per heavy atom. The van der Waals surface area contributed by atoms with Crippen LogP contribution in [0.4, 0.5) is 17.1 Å². The molecule has 3 nitrogen and oxygen atoms in total. The molecule has 28 heavy (non-hydrogen) atoms. The number of anilines is 3. The Morgan fingerprint density at radius 2 is 1.68 bits per heavy atom. The van der Waals surface area contributed by atoms with E-state index < -0.39 is 0 Å². The Labute approximate surface area is 182 Å². The normalized spacial score (nSPS) is 20.8. The number of hydrogen-bond acceptors (Lipinski definition) is 3. The predicted molar refractivity (Wildman–Crippen MR) is 114 cm³/mol. The molecule has 151 valence electrons. The number of nitrogens with zero attached hydrogens (tertiary/aromatic N) is 2. The molecule has 0 saturated carbocycles. The minimum atomic E-state index is 0. The number of ether oxygens (including phenoxy) is 1. The SMILES string of the molecule is COc1[c-]ccc(N2c3cc(C)c(C)c4c3N([C@@H]2C)C(C)(C)C4(C)C)c1C.[Ru+]. The Bertz CT molecular complexity index is 948. The fourth-order valence-corrected chi connectivity index (χ4v) is 5.28. The van der Waals surface area contributed by atoms with E-state index in [1.807, 2.05) is 6.07 Å². The first kappa shape index (κ1) is 21.2. The molecule has 0 aliphatic carbocycles. The van der Waals surface area contributed by atoms with E-state index in [9.17, 15) is 0 Å². The van der Waals surface area contributed by atoms with E-state index in [0.717, 1.165) is 11.3 Å². The van der Waals surface area contributed by atoms with E-state index >= 15 is 0 Å². The fraction of sp³-hybridized carbons (Fsp3) is 0.500. The Morgan fingerprint density at radius 3 is 2.29 bits per heavy atom. The first-order valence-corrected chi connectivity index (χ1v) is 9.84. The van der Waals surface area contributed by atoms with Crippen LogP contribution in [0.5, 0.6) is 5.75 Å². The summed E-state index contributed by atoms with van der Waals surface area (Å²) in [5.41, 5.74) is 9.47. The smallest absolute Gasteiger partial charge is 0.522 e. The summed E-state index contributed by atoms with van der Waals surface area (Å²) in [6.45, 7) is 18.5. The van der Waals surface area contributed by atoms with Crippen molar-refractivity contribution in [2.45, 2.75) is 72.5 Å². The second-order valence-corrected chi connectivity index (χ2v) is 9.14. The van der Waals surface area contributed by atoms with E-state index in [4.69, 9.17) is 4.74 Å². The van der Waals surface area contributed by atoms with Gasteiger partial charge in [-0.2, -0.15) is 6.07 Å². The van der Waals surface area contributed by atoms with Gasteiger partial charge in [0.2, 0.25) is 0 Å². The van der Waals surface area contributed by atoms with Crippen LogP contribution < -0.4 is 14.5 Å². The molecule has 2 heterocycles. The van der Waals surface area contributed by atoms with Gasteiger partial charge in [0.25, 0.3) is 0 Å². The maximum atomic E-state index is 5.55. The van der Waals surface area contributed by atoms with Gasteiger partial charge in [0.1, 0.15) is 6.17 Å². The van der Waals surface area contributed by atoms with Crippen molar-refractivity contribution in [2.24, 2.45) is 0 Å². The van der Waals surface area contributed by atoms with Gasteiger partial charge in [-0.1, -0.05) is 32.0 Å². The quantitative estimate of drug-likeness (QED) is 0.413. The minimum absolute atomic E-state index is 0. The second kappa shape index (κ2) is 6.49. The van der Waals surface area contributed by atoms with Crippen molar-refractivity contribution in [3.05, 3.63) is 46.5 Å². The van der Waals surface area contributed by atoms with Crippen molar-refractivity contribution in [3.63, 3.8) is 0 Å². The Balaban J connectivity index is 0.00000225. The molecule has 2 aromatic rings. The maximum Gasteiger partial charge on any atom is 1.00 e. The largest absolute Gasteiger partial charge is 1.00 e. The first-order chi connectivity index (χ1) is 12.6. The molecule has 4 heteroatoms. The van der Waals surface area contributed by atoms with Crippen molar-refractivity contribution < 1.29 is 24.2 Å². The van der Waals surface area contributed by atoms with Crippen LogP contribution in [-0.2, 0) is 24.9 Å². The summed E-state index contributed by atoms with van der Waals surface area (Å²) in [5.74, 6) is 0.820. The van der Waals surface area contributed by atoms with Crippen molar-refractivity contribution in [3.8, 4) is 5.75 Å². The van der Waals surface area contributed by atoms with Gasteiger partial charge >= 0.3 is 19.5 Å². The van der Waals surface area contributed by atoms with Crippen LogP contribution in [0.2, 0.25) is 0 Å². The average Bonchev–Trinajstić information content (AvgIpc) is 2.96. The van der Waals surface area contributed by atoms with Crippen LogP contribution >= 0.6 is 0 Å². The van der Waals surface area contributed by atoms with Crippen LogP contribution in [-0.4, -0.2) is 18.8 Å². The average molecular weight is 465 g/mol. The summed E-state index contributed by atoms with van der Waals surface area (Å²) in [6, 6.07) is 9.71. The van der Waals surface area contributed by atoms with E-state index in [0.29, 0.717) is 0 Å². The molecule has 0 bridgehead atoms. The number of benzene rings is 2. The van der Waals surface area contributed by atoms with Crippen LogP contribution in [0, 0.1) is 26.8 Å². The molecule has 2 aromatic carbocycles. The van der Waals surface area contributed by atoms with Gasteiger partial charge < -0.3 is 14.5 Å². The summed E-state index contributed by atoms with van der Waals surface area (Å²) in [6.07, 6.45) is 0.238. The molecular weight excluding hydrogens is 433 g/mol. The summed E-state index contributed by atoms with van der Waals surface area (Å²) in [7, 11) is 1.72. The fourth-order valence-electron chi connectivity index (χ4n) is 5.28. The topological polar surface area (TPSA) is 15.7 Å². The third kappa shape index (κ3) is 2.36. The monoisotopic (exact) mass is 465 g/mol. The minimum Gasteiger partial charge on any atom is -0.522 e. The van der Waals surface area contributed by atoms with Crippen LogP contribution in [0.15, 0.2) is 18.2 Å². The van der Waals surface area contributed by atoms with Crippen LogP contribution in [0.3, 0.4) is 0 Å². The third-order valence-corrected chi connectivity index (χ3v) is 7.45. The molecule has 1 radical (unpaired) electrons. The van der Waals surface area contributed by atoms with Gasteiger partial charge in [-0.15, -0.1) is 12.1 Å². The first-order valence-electron chi connectivity index (χ1n) is 9.84. The van der Waals surface area contributed by atoms with Gasteiger partial charge in [-0.25, -0.2) is 0 Å². The van der Waals surface area contributed by atoms with Gasteiger partial charge in [-0.05, 0) is 57.4 Å². The second-order valence-electron chi connectivity index (χ2n) is 9.14. The van der Waals surface area contributed by atoms with E-state index in [1.54, 1.807) is 7.11 Å². The predicted octanol–water partition coefficient (Wildman–Crippen LogP) is 5.79. The molecule has 0 amide bonds. The molecule has 0 aromatic heterocycles. The van der Waals surface area contributed by atoms with Gasteiger partial charge in [0.15, 0.2) is 0 Å². The van der Waals surface area contributed by atoms with Gasteiger partial charge in [-0.3, -0.25) is 0 Å². The molecule has 2 aliphatic rings. The van der Waals surface area contributed by atoms with Crippen LogP contribution in [0.1, 0.15) is 56.9 Å². The summed E-state index contributed by atoms with van der Waals surface area (Å²) in [5, 5.41) is 0. The number of hydrogen-bond donors (Lipinski definition) is 0. The number of rotatable bonds is 2. The summed E-state index contributed by atoms with van der Waals surface area (Å²) in [4.78, 5) is 5.11. The maximum absolute atomic E-state index is 5.55. The molecule has 1 atom stereocenters. The number of aryl methyl sites for hydroxylation is 1. The summed E-state index contributed by atoms with van der Waals surface area (Å²) < 4.78 is 5.55. The van der Waals surface area contributed by atoms with Crippen molar-refractivity contribution in [1.82, 2.24) is 0 Å². The molecule has 0 unspecified atom stereocenters. The van der Waals surface area contributed by atoms with Crippen molar-refractivity contribution in [2.75, 3.05) is 16.9 Å². The third-order valence-electron chi connectivity index (χ3n) is 7.45.